The molecule has 0 unspecified atom stereocenters. The lowest BCUT2D eigenvalue weighted by Crippen LogP contribution is -2.47. The summed E-state index contributed by atoms with van der Waals surface area (Å²) < 4.78 is 5.05. The molecule has 37 heavy (non-hydrogen) atoms. The molecule has 2 aliphatic heterocycles. The highest BCUT2D eigenvalue weighted by molar-refractivity contribution is 6.30. The molecule has 0 aromatic heterocycles. The van der Waals surface area contributed by atoms with Gasteiger partial charge in [-0.25, -0.2) is 9.79 Å². The van der Waals surface area contributed by atoms with Crippen molar-refractivity contribution in [2.45, 2.75) is 38.8 Å². The van der Waals surface area contributed by atoms with Gasteiger partial charge in [0.1, 0.15) is 0 Å². The third kappa shape index (κ3) is 10.4. The summed E-state index contributed by atoms with van der Waals surface area (Å²) in [5.41, 5.74) is 15.9. The number of allylic oxidation sites excluding steroid dienone is 3. The number of likely N-dealkylation sites (N-methyl/N-ethyl adjacent to an activating group) is 1. The second kappa shape index (κ2) is 15.9. The Balaban J connectivity index is 0.000000335. The first-order valence-electron chi connectivity index (χ1n) is 12.6. The fraction of sp³-hybridized carbons (Fsp3) is 0.429. The van der Waals surface area contributed by atoms with Crippen LogP contribution < -0.4 is 16.8 Å². The molecule has 0 aliphatic carbocycles. The number of carbonyl (C=O) groups excluding carboxylic acids is 1. The minimum absolute atomic E-state index is 0.0209. The van der Waals surface area contributed by atoms with Crippen LogP contribution >= 0.6 is 11.6 Å². The number of benzene rings is 1. The van der Waals surface area contributed by atoms with Crippen LogP contribution in [0, 0.1) is 0 Å². The molecule has 1 aromatic rings. The van der Waals surface area contributed by atoms with Gasteiger partial charge in [0.2, 0.25) is 0 Å². The molecule has 2 aliphatic rings. The molecular weight excluding hydrogens is 488 g/mol. The van der Waals surface area contributed by atoms with E-state index in [1.54, 1.807) is 11.2 Å². The van der Waals surface area contributed by atoms with Crippen LogP contribution in [0.1, 0.15) is 31.4 Å². The van der Waals surface area contributed by atoms with Gasteiger partial charge in [0, 0.05) is 51.0 Å². The van der Waals surface area contributed by atoms with E-state index in [1.165, 1.54) is 11.8 Å². The summed E-state index contributed by atoms with van der Waals surface area (Å²) >= 11 is 6.21. The summed E-state index contributed by atoms with van der Waals surface area (Å²) in [5.74, 6) is 0. The SMILES string of the molecule is C=C(c1cc(Cl)ccc1CC/C=C\C=C/N)[C@@H](N)C1=CN=CN(C)C1.CC(C)OC(=O)N1CCNCC1. The highest BCUT2D eigenvalue weighted by atomic mass is 35.5. The van der Waals surface area contributed by atoms with Crippen LogP contribution in [0.3, 0.4) is 0 Å². The second-order valence-electron chi connectivity index (χ2n) is 9.21. The number of carbonyl (C=O) groups is 1. The molecule has 0 bridgehead atoms. The standard InChI is InChI=1S/C20H25ClN4.C8H16N2O2/c1-15(20(23)17-12-24-14-25(2)13-17)19-11-18(21)9-8-16(19)7-5-3-4-6-10-22;1-7(2)12-8(11)10-5-3-9-4-6-10/h3-4,6,8-12,14,20H,1,5,7,13,22-23H2,2H3;7,9H,3-6H2,1-2H3/b4-3-,10-6-;/t20-;/m1./s1. The number of aliphatic imine (C=N–C) groups is 1. The average molecular weight is 529 g/mol. The van der Waals surface area contributed by atoms with Crippen molar-refractivity contribution in [3.63, 3.8) is 0 Å². The van der Waals surface area contributed by atoms with Crippen molar-refractivity contribution < 1.29 is 9.53 Å². The van der Waals surface area contributed by atoms with Gasteiger partial charge >= 0.3 is 6.09 Å². The molecule has 5 N–H and O–H groups in total. The van der Waals surface area contributed by atoms with Gasteiger partial charge in [-0.15, -0.1) is 0 Å². The molecule has 3 rings (SSSR count). The Bertz CT molecular complexity index is 1010. The first-order valence-corrected chi connectivity index (χ1v) is 13.0. The number of aryl methyl sites for hydroxylation is 1. The molecule has 9 heteroatoms. The molecule has 202 valence electrons. The molecule has 1 saturated heterocycles. The number of nitrogens with one attached hydrogen (secondary N) is 1. The summed E-state index contributed by atoms with van der Waals surface area (Å²) in [5, 5.41) is 3.86. The maximum atomic E-state index is 11.3. The fourth-order valence-electron chi connectivity index (χ4n) is 3.85. The number of halogens is 1. The maximum Gasteiger partial charge on any atom is 0.410 e. The van der Waals surface area contributed by atoms with Crippen LogP contribution in [0.4, 0.5) is 4.79 Å². The number of nitrogens with two attached hydrogens (primary N) is 2. The highest BCUT2D eigenvalue weighted by Gasteiger charge is 2.20. The Kier molecular flexibility index (Phi) is 13.0. The lowest BCUT2D eigenvalue weighted by atomic mass is 9.90. The van der Waals surface area contributed by atoms with Gasteiger partial charge in [0.05, 0.1) is 18.5 Å². The monoisotopic (exact) mass is 528 g/mol. The van der Waals surface area contributed by atoms with E-state index in [-0.39, 0.29) is 18.2 Å². The van der Waals surface area contributed by atoms with Gasteiger partial charge in [0.25, 0.3) is 0 Å². The molecule has 1 aromatic carbocycles. The fourth-order valence-corrected chi connectivity index (χ4v) is 4.02. The van der Waals surface area contributed by atoms with E-state index in [0.29, 0.717) is 5.02 Å². The van der Waals surface area contributed by atoms with Crippen LogP contribution in [0.5, 0.6) is 0 Å². The topological polar surface area (TPSA) is 109 Å². The number of hydrogen-bond donors (Lipinski definition) is 3. The Labute approximate surface area is 226 Å². The zero-order chi connectivity index (χ0) is 27.2. The van der Waals surface area contributed by atoms with E-state index >= 15 is 0 Å². The number of nitrogens with zero attached hydrogens (tertiary/aromatic N) is 3. The quantitative estimate of drug-likeness (QED) is 0.441. The molecule has 0 radical (unpaired) electrons. The van der Waals surface area contributed by atoms with Crippen molar-refractivity contribution >= 4 is 29.6 Å². The van der Waals surface area contributed by atoms with Crippen molar-refractivity contribution in [2.24, 2.45) is 16.5 Å². The zero-order valence-corrected chi connectivity index (χ0v) is 23.0. The normalized spacial score (nSPS) is 16.5. The molecule has 1 amide bonds. The number of ether oxygens (including phenoxy) is 1. The highest BCUT2D eigenvalue weighted by Crippen LogP contribution is 2.28. The molecule has 0 spiro atoms. The van der Waals surface area contributed by atoms with E-state index in [1.807, 2.05) is 62.3 Å². The number of piperazine rings is 1. The van der Waals surface area contributed by atoms with E-state index in [9.17, 15) is 4.79 Å². The van der Waals surface area contributed by atoms with Crippen molar-refractivity contribution in [2.75, 3.05) is 39.8 Å². The van der Waals surface area contributed by atoms with Crippen LogP contribution in [-0.4, -0.2) is 74.1 Å². The molecule has 1 fully saturated rings. The third-order valence-electron chi connectivity index (χ3n) is 5.78. The summed E-state index contributed by atoms with van der Waals surface area (Å²) in [6, 6.07) is 5.61. The van der Waals surface area contributed by atoms with Crippen LogP contribution in [0.25, 0.3) is 5.57 Å². The van der Waals surface area contributed by atoms with Crippen molar-refractivity contribution in [3.05, 3.63) is 77.1 Å². The van der Waals surface area contributed by atoms with Crippen LogP contribution in [0.15, 0.2) is 66.0 Å². The summed E-state index contributed by atoms with van der Waals surface area (Å²) in [6.45, 7) is 12.0. The molecule has 1 atom stereocenters. The van der Waals surface area contributed by atoms with Gasteiger partial charge < -0.3 is 31.3 Å². The Hall–Kier alpha value is -3.07. The number of amides is 1. The zero-order valence-electron chi connectivity index (χ0n) is 22.2. The third-order valence-corrected chi connectivity index (χ3v) is 6.01. The predicted molar refractivity (Wildman–Crippen MR) is 155 cm³/mol. The van der Waals surface area contributed by atoms with Gasteiger partial charge in [-0.1, -0.05) is 36.4 Å². The van der Waals surface area contributed by atoms with Crippen molar-refractivity contribution in [1.82, 2.24) is 15.1 Å². The lowest BCUT2D eigenvalue weighted by molar-refractivity contribution is 0.0732. The second-order valence-corrected chi connectivity index (χ2v) is 9.65. The van der Waals surface area contributed by atoms with E-state index in [0.717, 1.165) is 62.3 Å². The number of hydrogen-bond acceptors (Lipinski definition) is 7. The Morgan fingerprint density at radius 3 is 2.68 bits per heavy atom. The van der Waals surface area contributed by atoms with Gasteiger partial charge in [-0.2, -0.15) is 0 Å². The van der Waals surface area contributed by atoms with Gasteiger partial charge in [-0.3, -0.25) is 0 Å². The molecule has 0 saturated carbocycles. The van der Waals surface area contributed by atoms with E-state index in [2.05, 4.69) is 23.0 Å². The lowest BCUT2D eigenvalue weighted by Gasteiger charge is -2.27. The average Bonchev–Trinajstić information content (AvgIpc) is 2.89. The van der Waals surface area contributed by atoms with Crippen molar-refractivity contribution in [1.29, 1.82) is 0 Å². The smallest absolute Gasteiger partial charge is 0.410 e. The largest absolute Gasteiger partial charge is 0.447 e. The Morgan fingerprint density at radius 1 is 1.30 bits per heavy atom. The van der Waals surface area contributed by atoms with E-state index < -0.39 is 0 Å². The van der Waals surface area contributed by atoms with Gasteiger partial charge in [0.15, 0.2) is 0 Å². The van der Waals surface area contributed by atoms with Crippen LogP contribution in [-0.2, 0) is 11.2 Å². The maximum absolute atomic E-state index is 11.3. The summed E-state index contributed by atoms with van der Waals surface area (Å²) in [7, 11) is 1.97. The number of rotatable bonds is 8. The molecular formula is C28H41ClN6O2. The van der Waals surface area contributed by atoms with Crippen LogP contribution in [0.2, 0.25) is 5.02 Å². The van der Waals surface area contributed by atoms with Crippen molar-refractivity contribution in [3.8, 4) is 0 Å². The summed E-state index contributed by atoms with van der Waals surface area (Å²) in [4.78, 5) is 19.2. The predicted octanol–water partition coefficient (Wildman–Crippen LogP) is 3.94. The summed E-state index contributed by atoms with van der Waals surface area (Å²) in [6.07, 6.45) is 12.5. The first kappa shape index (κ1) is 30.2. The van der Waals surface area contributed by atoms with Gasteiger partial charge in [-0.05, 0) is 73.4 Å². The minimum atomic E-state index is -0.284. The Morgan fingerprint density at radius 2 is 2.03 bits per heavy atom. The first-order chi connectivity index (χ1) is 17.7. The van der Waals surface area contributed by atoms with E-state index in [4.69, 9.17) is 27.8 Å². The minimum Gasteiger partial charge on any atom is -0.447 e. The molecule has 8 nitrogen and oxygen atoms in total. The molecule has 2 heterocycles.